The summed E-state index contributed by atoms with van der Waals surface area (Å²) in [5.74, 6) is 2.19. The van der Waals surface area contributed by atoms with Gasteiger partial charge in [0.25, 0.3) is 0 Å². The monoisotopic (exact) mass is 433 g/mol. The quantitative estimate of drug-likeness (QED) is 0.613. The maximum atomic E-state index is 14.1. The first-order chi connectivity index (χ1) is 14.9. The van der Waals surface area contributed by atoms with Gasteiger partial charge in [0, 0.05) is 38.8 Å². The molecule has 4 heterocycles. The SMILES string of the molecule is COc1cnc(N2CCN(c3ccn4c(CC5CC5)nnc4c3C(F)(F)F)CC2)nc1. The first kappa shape index (κ1) is 19.8. The fourth-order valence-electron chi connectivity index (χ4n) is 3.97. The predicted molar refractivity (Wildman–Crippen MR) is 107 cm³/mol. The van der Waals surface area contributed by atoms with E-state index in [9.17, 15) is 13.2 Å². The Morgan fingerprint density at radius 3 is 2.32 bits per heavy atom. The van der Waals surface area contributed by atoms with Crippen molar-refractivity contribution in [3.05, 3.63) is 36.0 Å². The molecular weight excluding hydrogens is 411 g/mol. The number of fused-ring (bicyclic) bond motifs is 1. The zero-order valence-corrected chi connectivity index (χ0v) is 17.0. The smallest absolute Gasteiger partial charge is 0.422 e. The zero-order chi connectivity index (χ0) is 21.6. The van der Waals surface area contributed by atoms with E-state index in [-0.39, 0.29) is 11.3 Å². The van der Waals surface area contributed by atoms with Crippen LogP contribution in [0.3, 0.4) is 0 Å². The van der Waals surface area contributed by atoms with E-state index in [4.69, 9.17) is 4.74 Å². The minimum Gasteiger partial charge on any atom is -0.494 e. The number of halogens is 3. The maximum Gasteiger partial charge on any atom is 0.422 e. The molecule has 0 aromatic carbocycles. The minimum atomic E-state index is -4.53. The number of hydrogen-bond donors (Lipinski definition) is 0. The van der Waals surface area contributed by atoms with Crippen LogP contribution in [0.25, 0.3) is 5.65 Å². The molecule has 8 nitrogen and oxygen atoms in total. The molecule has 5 rings (SSSR count). The third-order valence-corrected chi connectivity index (χ3v) is 5.83. The number of piperazine rings is 1. The topological polar surface area (TPSA) is 71.7 Å². The summed E-state index contributed by atoms with van der Waals surface area (Å²) in [5.41, 5.74) is -0.707. The second-order valence-electron chi connectivity index (χ2n) is 7.93. The standard InChI is InChI=1S/C20H22F3N7O/c1-31-14-11-24-19(25-12-14)29-8-6-28(7-9-29)15-4-5-30-16(10-13-2-3-13)26-27-18(30)17(15)20(21,22)23/h4-5,11-13H,2-3,6-10H2,1H3. The number of methoxy groups -OCH3 is 1. The lowest BCUT2D eigenvalue weighted by Crippen LogP contribution is -2.47. The summed E-state index contributed by atoms with van der Waals surface area (Å²) >= 11 is 0. The van der Waals surface area contributed by atoms with Gasteiger partial charge in [-0.3, -0.25) is 4.40 Å². The van der Waals surface area contributed by atoms with E-state index in [1.807, 2.05) is 4.90 Å². The molecule has 0 bridgehead atoms. The Bertz CT molecular complexity index is 1070. The van der Waals surface area contributed by atoms with Gasteiger partial charge in [0.05, 0.1) is 25.2 Å². The van der Waals surface area contributed by atoms with E-state index in [0.717, 1.165) is 12.8 Å². The first-order valence-corrected chi connectivity index (χ1v) is 10.2. The van der Waals surface area contributed by atoms with Crippen LogP contribution in [0.2, 0.25) is 0 Å². The molecule has 1 aliphatic heterocycles. The first-order valence-electron chi connectivity index (χ1n) is 10.2. The van der Waals surface area contributed by atoms with Gasteiger partial charge in [-0.2, -0.15) is 13.2 Å². The number of aromatic nitrogens is 5. The number of alkyl halides is 3. The third-order valence-electron chi connectivity index (χ3n) is 5.83. The number of ether oxygens (including phenoxy) is 1. The van der Waals surface area contributed by atoms with Crippen molar-refractivity contribution in [2.45, 2.75) is 25.4 Å². The number of nitrogens with zero attached hydrogens (tertiary/aromatic N) is 7. The number of rotatable bonds is 5. The van der Waals surface area contributed by atoms with E-state index < -0.39 is 11.7 Å². The van der Waals surface area contributed by atoms with Gasteiger partial charge in [-0.05, 0) is 24.8 Å². The van der Waals surface area contributed by atoms with Crippen LogP contribution < -0.4 is 14.5 Å². The summed E-state index contributed by atoms with van der Waals surface area (Å²) < 4.78 is 48.8. The van der Waals surface area contributed by atoms with E-state index >= 15 is 0 Å². The van der Waals surface area contributed by atoms with Gasteiger partial charge in [0.2, 0.25) is 5.95 Å². The molecule has 1 aliphatic carbocycles. The summed E-state index contributed by atoms with van der Waals surface area (Å²) in [7, 11) is 1.54. The molecule has 0 unspecified atom stereocenters. The van der Waals surface area contributed by atoms with Gasteiger partial charge in [-0.25, -0.2) is 9.97 Å². The van der Waals surface area contributed by atoms with Crippen LogP contribution in [0.15, 0.2) is 24.7 Å². The maximum absolute atomic E-state index is 14.1. The molecule has 2 aliphatic rings. The summed E-state index contributed by atoms with van der Waals surface area (Å²) in [5, 5.41) is 7.99. The van der Waals surface area contributed by atoms with Gasteiger partial charge in [0.1, 0.15) is 11.4 Å². The highest BCUT2D eigenvalue weighted by molar-refractivity contribution is 5.67. The Balaban J connectivity index is 1.40. The largest absolute Gasteiger partial charge is 0.494 e. The molecule has 31 heavy (non-hydrogen) atoms. The number of pyridine rings is 1. The summed E-state index contributed by atoms with van der Waals surface area (Å²) in [4.78, 5) is 12.2. The number of hydrogen-bond acceptors (Lipinski definition) is 7. The molecule has 0 N–H and O–H groups in total. The Kier molecular flexibility index (Phi) is 4.82. The second kappa shape index (κ2) is 7.54. The molecule has 3 aromatic heterocycles. The minimum absolute atomic E-state index is 0.124. The van der Waals surface area contributed by atoms with Gasteiger partial charge >= 0.3 is 6.18 Å². The summed E-state index contributed by atoms with van der Waals surface area (Å²) in [6.07, 6.45) is 3.15. The highest BCUT2D eigenvalue weighted by Crippen LogP contribution is 2.40. The van der Waals surface area contributed by atoms with Crippen LogP contribution in [0.4, 0.5) is 24.8 Å². The van der Waals surface area contributed by atoms with Crippen molar-refractivity contribution in [2.24, 2.45) is 5.92 Å². The normalized spacial score (nSPS) is 17.4. The highest BCUT2D eigenvalue weighted by atomic mass is 19.4. The molecule has 3 aromatic rings. The molecule has 1 saturated heterocycles. The molecule has 0 radical (unpaired) electrons. The van der Waals surface area contributed by atoms with Crippen LogP contribution in [-0.4, -0.2) is 57.9 Å². The third kappa shape index (κ3) is 3.84. The van der Waals surface area contributed by atoms with Crippen molar-refractivity contribution in [1.29, 1.82) is 0 Å². The van der Waals surface area contributed by atoms with E-state index in [1.54, 1.807) is 23.5 Å². The molecule has 2 fully saturated rings. The Labute approximate surface area is 176 Å². The number of anilines is 2. The Hall–Kier alpha value is -3.11. The van der Waals surface area contributed by atoms with Crippen LogP contribution in [0, 0.1) is 5.92 Å². The van der Waals surface area contributed by atoms with Crippen molar-refractivity contribution >= 4 is 17.3 Å². The van der Waals surface area contributed by atoms with E-state index in [0.29, 0.717) is 56.0 Å². The van der Waals surface area contributed by atoms with Crippen LogP contribution in [0.5, 0.6) is 5.75 Å². The molecule has 164 valence electrons. The van der Waals surface area contributed by atoms with Crippen molar-refractivity contribution < 1.29 is 17.9 Å². The van der Waals surface area contributed by atoms with Gasteiger partial charge in [0.15, 0.2) is 11.4 Å². The lowest BCUT2D eigenvalue weighted by Gasteiger charge is -2.37. The molecule has 0 atom stereocenters. The fraction of sp³-hybridized carbons (Fsp3) is 0.500. The Morgan fingerprint density at radius 2 is 1.71 bits per heavy atom. The van der Waals surface area contributed by atoms with E-state index in [1.165, 1.54) is 17.6 Å². The van der Waals surface area contributed by atoms with Crippen LogP contribution in [0.1, 0.15) is 24.2 Å². The lowest BCUT2D eigenvalue weighted by atomic mass is 10.1. The van der Waals surface area contributed by atoms with Crippen LogP contribution >= 0.6 is 0 Å². The average molecular weight is 433 g/mol. The molecule has 11 heteroatoms. The highest BCUT2D eigenvalue weighted by Gasteiger charge is 2.40. The zero-order valence-electron chi connectivity index (χ0n) is 17.0. The molecular formula is C20H22F3N7O. The average Bonchev–Trinajstić information content (AvgIpc) is 3.51. The fourth-order valence-corrected chi connectivity index (χ4v) is 3.97. The van der Waals surface area contributed by atoms with Crippen molar-refractivity contribution in [1.82, 2.24) is 24.6 Å². The van der Waals surface area contributed by atoms with Gasteiger partial charge in [-0.15, -0.1) is 10.2 Å². The van der Waals surface area contributed by atoms with E-state index in [2.05, 4.69) is 20.2 Å². The van der Waals surface area contributed by atoms with Crippen molar-refractivity contribution in [2.75, 3.05) is 43.1 Å². The van der Waals surface area contributed by atoms with Gasteiger partial charge in [-0.1, -0.05) is 0 Å². The van der Waals surface area contributed by atoms with Gasteiger partial charge < -0.3 is 14.5 Å². The van der Waals surface area contributed by atoms with Crippen LogP contribution in [-0.2, 0) is 12.6 Å². The van der Waals surface area contributed by atoms with Crippen molar-refractivity contribution in [3.63, 3.8) is 0 Å². The molecule has 0 spiro atoms. The summed E-state index contributed by atoms with van der Waals surface area (Å²) in [6.45, 7) is 1.85. The predicted octanol–water partition coefficient (Wildman–Crippen LogP) is 2.83. The summed E-state index contributed by atoms with van der Waals surface area (Å²) in [6, 6.07) is 1.54. The van der Waals surface area contributed by atoms with Crippen molar-refractivity contribution in [3.8, 4) is 5.75 Å². The second-order valence-corrected chi connectivity index (χ2v) is 7.93. The Morgan fingerprint density at radius 1 is 1.03 bits per heavy atom. The lowest BCUT2D eigenvalue weighted by molar-refractivity contribution is -0.136. The molecule has 1 saturated carbocycles. The molecule has 0 amide bonds.